The number of hydrogen-bond acceptors (Lipinski definition) is 3. The normalized spacial score (nSPS) is 31.6. The Balaban J connectivity index is 1.80. The Morgan fingerprint density at radius 2 is 1.90 bits per heavy atom. The minimum absolute atomic E-state index is 0.0422. The van der Waals surface area contributed by atoms with Crippen LogP contribution in [0.25, 0.3) is 0 Å². The van der Waals surface area contributed by atoms with Crippen molar-refractivity contribution in [3.05, 3.63) is 35.4 Å². The van der Waals surface area contributed by atoms with Crippen molar-refractivity contribution in [3.63, 3.8) is 0 Å². The number of fused-ring (bicyclic) bond motifs is 2. The molecule has 0 aromatic heterocycles. The van der Waals surface area contributed by atoms with E-state index in [1.807, 2.05) is 19.1 Å². The standard InChI is InChI=1S/C18H23NO2/c1-12-5-7-13(8-6-12)15(20)21-19-16-17(2,3)14-9-10-18(16,4)11-14/h5-8,14H,9-11H2,1-4H3/b19-16-/t14-,18-/m0/s1. The zero-order valence-corrected chi connectivity index (χ0v) is 13.3. The molecule has 2 saturated carbocycles. The lowest BCUT2D eigenvalue weighted by Gasteiger charge is -2.34. The molecule has 112 valence electrons. The summed E-state index contributed by atoms with van der Waals surface area (Å²) >= 11 is 0. The molecule has 0 amide bonds. The summed E-state index contributed by atoms with van der Waals surface area (Å²) in [5.41, 5.74) is 2.89. The summed E-state index contributed by atoms with van der Waals surface area (Å²) in [4.78, 5) is 17.4. The van der Waals surface area contributed by atoms with Crippen molar-refractivity contribution in [1.82, 2.24) is 0 Å². The maximum atomic E-state index is 12.1. The van der Waals surface area contributed by atoms with Crippen molar-refractivity contribution in [3.8, 4) is 0 Å². The zero-order valence-electron chi connectivity index (χ0n) is 13.3. The highest BCUT2D eigenvalue weighted by atomic mass is 16.7. The van der Waals surface area contributed by atoms with Gasteiger partial charge in [0, 0.05) is 10.8 Å². The molecule has 0 spiro atoms. The molecule has 2 fully saturated rings. The second kappa shape index (κ2) is 4.69. The lowest BCUT2D eigenvalue weighted by Crippen LogP contribution is -2.36. The van der Waals surface area contributed by atoms with Crippen LogP contribution in [0.1, 0.15) is 56.0 Å². The Kier molecular flexibility index (Phi) is 3.19. The monoisotopic (exact) mass is 285 g/mol. The summed E-state index contributed by atoms with van der Waals surface area (Å²) in [6.07, 6.45) is 3.58. The van der Waals surface area contributed by atoms with Crippen LogP contribution in [-0.4, -0.2) is 11.7 Å². The van der Waals surface area contributed by atoms with Crippen molar-refractivity contribution in [2.75, 3.05) is 0 Å². The van der Waals surface area contributed by atoms with Gasteiger partial charge in [-0.05, 0) is 44.2 Å². The molecule has 21 heavy (non-hydrogen) atoms. The first-order chi connectivity index (χ1) is 9.83. The zero-order chi connectivity index (χ0) is 15.3. The van der Waals surface area contributed by atoms with E-state index in [0.29, 0.717) is 11.5 Å². The predicted octanol–water partition coefficient (Wildman–Crippen LogP) is 4.35. The molecule has 3 rings (SSSR count). The van der Waals surface area contributed by atoms with Crippen LogP contribution in [0, 0.1) is 23.7 Å². The SMILES string of the molecule is Cc1ccc(C(=O)O/N=C2/C(C)(C)[C@H]3CC[C@@]2(C)C3)cc1. The molecule has 0 heterocycles. The number of rotatable bonds is 2. The number of carbonyl (C=O) groups is 1. The average Bonchev–Trinajstić information content (AvgIpc) is 2.90. The Morgan fingerprint density at radius 3 is 2.48 bits per heavy atom. The quantitative estimate of drug-likeness (QED) is 0.598. The Hall–Kier alpha value is -1.64. The number of carbonyl (C=O) groups excluding carboxylic acids is 1. The minimum atomic E-state index is -0.371. The second-order valence-electron chi connectivity index (χ2n) is 7.41. The Labute approximate surface area is 126 Å². The van der Waals surface area contributed by atoms with Crippen LogP contribution < -0.4 is 0 Å². The number of oxime groups is 1. The topological polar surface area (TPSA) is 38.7 Å². The first-order valence-electron chi connectivity index (χ1n) is 7.70. The highest BCUT2D eigenvalue weighted by molar-refractivity contribution is 5.98. The van der Waals surface area contributed by atoms with Gasteiger partial charge in [-0.3, -0.25) is 0 Å². The van der Waals surface area contributed by atoms with Crippen molar-refractivity contribution in [2.45, 2.75) is 47.0 Å². The summed E-state index contributed by atoms with van der Waals surface area (Å²) in [6, 6.07) is 7.38. The molecule has 2 atom stereocenters. The van der Waals surface area contributed by atoms with Crippen LogP contribution in [-0.2, 0) is 4.84 Å². The lowest BCUT2D eigenvalue weighted by molar-refractivity contribution is 0.0506. The van der Waals surface area contributed by atoms with Crippen molar-refractivity contribution >= 4 is 11.7 Å². The number of aryl methyl sites for hydroxylation is 1. The van der Waals surface area contributed by atoms with E-state index < -0.39 is 0 Å². The van der Waals surface area contributed by atoms with Gasteiger partial charge in [0.1, 0.15) is 0 Å². The fourth-order valence-electron chi connectivity index (χ4n) is 4.10. The lowest BCUT2D eigenvalue weighted by atomic mass is 9.71. The summed E-state index contributed by atoms with van der Waals surface area (Å²) in [6.45, 7) is 8.69. The van der Waals surface area contributed by atoms with E-state index in [1.54, 1.807) is 12.1 Å². The third kappa shape index (κ3) is 2.29. The molecule has 3 heteroatoms. The fraction of sp³-hybridized carbons (Fsp3) is 0.556. The molecule has 0 saturated heterocycles. The molecule has 0 radical (unpaired) electrons. The molecule has 2 aliphatic carbocycles. The maximum absolute atomic E-state index is 12.1. The molecule has 2 bridgehead atoms. The van der Waals surface area contributed by atoms with Gasteiger partial charge in [-0.15, -0.1) is 0 Å². The fourth-order valence-corrected chi connectivity index (χ4v) is 4.10. The number of nitrogens with zero attached hydrogens (tertiary/aromatic N) is 1. The van der Waals surface area contributed by atoms with Gasteiger partial charge in [0.15, 0.2) is 0 Å². The van der Waals surface area contributed by atoms with Crippen LogP contribution in [0.15, 0.2) is 29.4 Å². The highest BCUT2D eigenvalue weighted by Gasteiger charge is 2.57. The third-order valence-electron chi connectivity index (χ3n) is 5.45. The molecule has 1 aromatic rings. The van der Waals surface area contributed by atoms with Gasteiger partial charge < -0.3 is 4.84 Å². The summed E-state index contributed by atoms with van der Waals surface area (Å²) in [5.74, 6) is 0.295. The minimum Gasteiger partial charge on any atom is -0.313 e. The first-order valence-corrected chi connectivity index (χ1v) is 7.70. The van der Waals surface area contributed by atoms with E-state index in [1.165, 1.54) is 12.8 Å². The molecule has 0 unspecified atom stereocenters. The number of hydrogen-bond donors (Lipinski definition) is 0. The Bertz CT molecular complexity index is 593. The van der Waals surface area contributed by atoms with E-state index in [9.17, 15) is 4.79 Å². The molecule has 3 nitrogen and oxygen atoms in total. The molecule has 0 aliphatic heterocycles. The van der Waals surface area contributed by atoms with Crippen LogP contribution in [0.2, 0.25) is 0 Å². The summed E-state index contributed by atoms with van der Waals surface area (Å²) in [5, 5.41) is 4.30. The van der Waals surface area contributed by atoms with E-state index in [0.717, 1.165) is 17.7 Å². The summed E-state index contributed by atoms with van der Waals surface area (Å²) < 4.78 is 0. The molecular weight excluding hydrogens is 262 g/mol. The van der Waals surface area contributed by atoms with Crippen LogP contribution in [0.5, 0.6) is 0 Å². The van der Waals surface area contributed by atoms with E-state index in [4.69, 9.17) is 4.84 Å². The van der Waals surface area contributed by atoms with Gasteiger partial charge in [-0.1, -0.05) is 43.6 Å². The van der Waals surface area contributed by atoms with Gasteiger partial charge in [0.05, 0.1) is 11.3 Å². The van der Waals surface area contributed by atoms with E-state index in [-0.39, 0.29) is 16.8 Å². The van der Waals surface area contributed by atoms with E-state index >= 15 is 0 Å². The van der Waals surface area contributed by atoms with Gasteiger partial charge in [-0.25, -0.2) is 4.79 Å². The smallest absolute Gasteiger partial charge is 0.313 e. The van der Waals surface area contributed by atoms with Gasteiger partial charge >= 0.3 is 5.97 Å². The summed E-state index contributed by atoms with van der Waals surface area (Å²) in [7, 11) is 0. The van der Waals surface area contributed by atoms with Gasteiger partial charge in [-0.2, -0.15) is 0 Å². The second-order valence-corrected chi connectivity index (χ2v) is 7.41. The van der Waals surface area contributed by atoms with Crippen LogP contribution in [0.4, 0.5) is 0 Å². The number of benzene rings is 1. The van der Waals surface area contributed by atoms with Crippen LogP contribution >= 0.6 is 0 Å². The van der Waals surface area contributed by atoms with Crippen molar-refractivity contribution in [2.24, 2.45) is 21.9 Å². The maximum Gasteiger partial charge on any atom is 0.365 e. The van der Waals surface area contributed by atoms with Crippen LogP contribution in [0.3, 0.4) is 0 Å². The average molecular weight is 285 g/mol. The molecular formula is C18H23NO2. The third-order valence-corrected chi connectivity index (χ3v) is 5.45. The Morgan fingerprint density at radius 1 is 1.24 bits per heavy atom. The highest BCUT2D eigenvalue weighted by Crippen LogP contribution is 2.60. The largest absolute Gasteiger partial charge is 0.365 e. The van der Waals surface area contributed by atoms with Crippen molar-refractivity contribution in [1.29, 1.82) is 0 Å². The first kappa shape index (κ1) is 14.3. The molecule has 0 N–H and O–H groups in total. The van der Waals surface area contributed by atoms with Gasteiger partial charge in [0.2, 0.25) is 0 Å². The van der Waals surface area contributed by atoms with Crippen molar-refractivity contribution < 1.29 is 9.63 Å². The molecule has 2 aliphatic rings. The molecule has 1 aromatic carbocycles. The van der Waals surface area contributed by atoms with E-state index in [2.05, 4.69) is 25.9 Å². The van der Waals surface area contributed by atoms with Gasteiger partial charge in [0.25, 0.3) is 0 Å². The predicted molar refractivity (Wildman–Crippen MR) is 83.3 cm³/mol.